The quantitative estimate of drug-likeness (QED) is 0.813. The van der Waals surface area contributed by atoms with Crippen molar-refractivity contribution in [3.63, 3.8) is 0 Å². The van der Waals surface area contributed by atoms with Gasteiger partial charge in [0.1, 0.15) is 0 Å². The fourth-order valence-electron chi connectivity index (χ4n) is 1.68. The smallest absolute Gasteiger partial charge is 0.373 e. The number of nitrogens with two attached hydrogens (primary N) is 1. The van der Waals surface area contributed by atoms with Crippen LogP contribution >= 0.6 is 11.8 Å². The molecule has 0 saturated carbocycles. The van der Waals surface area contributed by atoms with E-state index in [-0.39, 0.29) is 34.8 Å². The highest BCUT2D eigenvalue weighted by molar-refractivity contribution is 8.00. The van der Waals surface area contributed by atoms with Gasteiger partial charge in [-0.25, -0.2) is 0 Å². The van der Waals surface area contributed by atoms with Crippen LogP contribution in [0.25, 0.3) is 0 Å². The summed E-state index contributed by atoms with van der Waals surface area (Å²) in [6, 6.07) is 5.01. The van der Waals surface area contributed by atoms with E-state index in [4.69, 9.17) is 10.5 Å². The molecule has 0 fully saturated rings. The molecule has 0 bridgehead atoms. The van der Waals surface area contributed by atoms with Crippen LogP contribution in [0.2, 0.25) is 0 Å². The molecule has 0 aliphatic heterocycles. The van der Waals surface area contributed by atoms with Crippen LogP contribution in [0.4, 0.5) is 13.2 Å². The Morgan fingerprint density at radius 2 is 1.81 bits per heavy atom. The maximum absolute atomic E-state index is 12.6. The molecule has 0 aliphatic carbocycles. The Morgan fingerprint density at radius 1 is 1.19 bits per heavy atom. The average molecular weight is 321 g/mol. The first-order valence-electron chi connectivity index (χ1n) is 6.73. The molecule has 0 aliphatic rings. The standard InChI is InChI=1S/C15H22F3NOS/c1-10(8-19)20-9-11-5-12(14(2,3)4)7-13(6-11)21-15(16,17)18/h5-7,10H,8-9,19H2,1-4H3/t10-/m0/s1. The van der Waals surface area contributed by atoms with Gasteiger partial charge in [-0.15, -0.1) is 0 Å². The molecule has 2 N–H and O–H groups in total. The van der Waals surface area contributed by atoms with E-state index in [1.165, 1.54) is 6.07 Å². The van der Waals surface area contributed by atoms with E-state index in [2.05, 4.69) is 0 Å². The zero-order valence-corrected chi connectivity index (χ0v) is 13.6. The third-order valence-electron chi connectivity index (χ3n) is 2.93. The van der Waals surface area contributed by atoms with Gasteiger partial charge in [0.05, 0.1) is 12.7 Å². The highest BCUT2D eigenvalue weighted by Gasteiger charge is 2.30. The molecular formula is C15H22F3NOS. The predicted octanol–water partition coefficient (Wildman–Crippen LogP) is 4.46. The van der Waals surface area contributed by atoms with E-state index in [0.29, 0.717) is 6.54 Å². The number of halogens is 3. The van der Waals surface area contributed by atoms with E-state index in [9.17, 15) is 13.2 Å². The summed E-state index contributed by atoms with van der Waals surface area (Å²) in [6.45, 7) is 8.38. The van der Waals surface area contributed by atoms with Crippen LogP contribution < -0.4 is 5.73 Å². The summed E-state index contributed by atoms with van der Waals surface area (Å²) in [4.78, 5) is 0.189. The minimum absolute atomic E-state index is 0.0951. The third-order valence-corrected chi connectivity index (χ3v) is 3.64. The second-order valence-corrected chi connectivity index (χ2v) is 7.16. The monoisotopic (exact) mass is 321 g/mol. The van der Waals surface area contributed by atoms with Crippen molar-refractivity contribution in [3.05, 3.63) is 29.3 Å². The summed E-state index contributed by atoms with van der Waals surface area (Å²) in [6.07, 6.45) is -0.123. The van der Waals surface area contributed by atoms with E-state index in [1.807, 2.05) is 33.8 Å². The van der Waals surface area contributed by atoms with Crippen LogP contribution in [-0.2, 0) is 16.8 Å². The summed E-state index contributed by atoms with van der Waals surface area (Å²) in [5, 5.41) is 0. The largest absolute Gasteiger partial charge is 0.446 e. The average Bonchev–Trinajstić information content (AvgIpc) is 2.32. The van der Waals surface area contributed by atoms with Crippen molar-refractivity contribution in [1.29, 1.82) is 0 Å². The number of hydrogen-bond acceptors (Lipinski definition) is 3. The van der Waals surface area contributed by atoms with Crippen LogP contribution in [0.15, 0.2) is 23.1 Å². The fourth-order valence-corrected chi connectivity index (χ4v) is 2.34. The molecule has 1 atom stereocenters. The maximum atomic E-state index is 12.6. The Bertz CT molecular complexity index is 469. The first-order chi connectivity index (χ1) is 9.51. The third kappa shape index (κ3) is 6.72. The van der Waals surface area contributed by atoms with Crippen LogP contribution in [0.5, 0.6) is 0 Å². The molecule has 0 aromatic heterocycles. The van der Waals surface area contributed by atoms with E-state index in [1.54, 1.807) is 6.07 Å². The molecule has 120 valence electrons. The molecule has 0 unspecified atom stereocenters. The van der Waals surface area contributed by atoms with Gasteiger partial charge in [-0.3, -0.25) is 0 Å². The molecule has 0 heterocycles. The van der Waals surface area contributed by atoms with Crippen molar-refractivity contribution in [2.45, 2.75) is 56.2 Å². The SMILES string of the molecule is C[C@@H](CN)OCc1cc(SC(F)(F)F)cc(C(C)(C)C)c1. The molecule has 2 nitrogen and oxygen atoms in total. The normalized spacial score (nSPS) is 14.3. The topological polar surface area (TPSA) is 35.2 Å². The second kappa shape index (κ2) is 7.03. The zero-order valence-electron chi connectivity index (χ0n) is 12.8. The first kappa shape index (κ1) is 18.3. The summed E-state index contributed by atoms with van der Waals surface area (Å²) >= 11 is -0.0951. The number of rotatable bonds is 5. The van der Waals surface area contributed by atoms with Gasteiger partial charge in [0, 0.05) is 11.4 Å². The molecule has 1 rings (SSSR count). The number of ether oxygens (including phenoxy) is 1. The van der Waals surface area contributed by atoms with Crippen molar-refractivity contribution >= 4 is 11.8 Å². The molecule has 0 spiro atoms. The Balaban J connectivity index is 3.04. The molecule has 21 heavy (non-hydrogen) atoms. The van der Waals surface area contributed by atoms with Crippen LogP contribution in [-0.4, -0.2) is 18.2 Å². The van der Waals surface area contributed by atoms with E-state index < -0.39 is 5.51 Å². The highest BCUT2D eigenvalue weighted by Crippen LogP contribution is 2.39. The minimum atomic E-state index is -4.29. The second-order valence-electron chi connectivity index (χ2n) is 6.02. The number of thioether (sulfide) groups is 1. The van der Waals surface area contributed by atoms with Gasteiger partial charge in [-0.1, -0.05) is 26.8 Å². The van der Waals surface area contributed by atoms with Crippen molar-refractivity contribution in [2.75, 3.05) is 6.54 Å². The van der Waals surface area contributed by atoms with Gasteiger partial charge in [0.2, 0.25) is 0 Å². The molecule has 0 saturated heterocycles. The van der Waals surface area contributed by atoms with Crippen molar-refractivity contribution < 1.29 is 17.9 Å². The molecule has 1 aromatic carbocycles. The number of alkyl halides is 3. The Kier molecular flexibility index (Phi) is 6.13. The number of benzene rings is 1. The zero-order chi connectivity index (χ0) is 16.3. The van der Waals surface area contributed by atoms with Gasteiger partial charge < -0.3 is 10.5 Å². The Labute approximate surface area is 128 Å². The summed E-state index contributed by atoms with van der Waals surface area (Å²) in [7, 11) is 0. The molecule has 6 heteroatoms. The maximum Gasteiger partial charge on any atom is 0.446 e. The van der Waals surface area contributed by atoms with Crippen molar-refractivity contribution in [3.8, 4) is 0 Å². The van der Waals surface area contributed by atoms with Crippen LogP contribution in [0.3, 0.4) is 0 Å². The van der Waals surface area contributed by atoms with Gasteiger partial charge in [-0.2, -0.15) is 13.2 Å². The Morgan fingerprint density at radius 3 is 2.29 bits per heavy atom. The van der Waals surface area contributed by atoms with E-state index >= 15 is 0 Å². The lowest BCUT2D eigenvalue weighted by Gasteiger charge is -2.22. The minimum Gasteiger partial charge on any atom is -0.373 e. The van der Waals surface area contributed by atoms with Gasteiger partial charge in [0.15, 0.2) is 0 Å². The van der Waals surface area contributed by atoms with Gasteiger partial charge >= 0.3 is 5.51 Å². The highest BCUT2D eigenvalue weighted by atomic mass is 32.2. The van der Waals surface area contributed by atoms with Crippen LogP contribution in [0, 0.1) is 0 Å². The summed E-state index contributed by atoms with van der Waals surface area (Å²) < 4.78 is 43.3. The Hall–Kier alpha value is -0.720. The molecule has 1 aromatic rings. The van der Waals surface area contributed by atoms with Crippen molar-refractivity contribution in [2.24, 2.45) is 5.73 Å². The fraction of sp³-hybridized carbons (Fsp3) is 0.600. The molecular weight excluding hydrogens is 299 g/mol. The molecule has 0 amide bonds. The summed E-state index contributed by atoms with van der Waals surface area (Å²) in [5.74, 6) is 0. The lowest BCUT2D eigenvalue weighted by atomic mass is 9.86. The predicted molar refractivity (Wildman–Crippen MR) is 80.4 cm³/mol. The lowest BCUT2D eigenvalue weighted by molar-refractivity contribution is -0.0328. The summed E-state index contributed by atoms with van der Waals surface area (Å²) in [5.41, 5.74) is 2.54. The first-order valence-corrected chi connectivity index (χ1v) is 7.55. The van der Waals surface area contributed by atoms with Gasteiger partial charge in [0.25, 0.3) is 0 Å². The van der Waals surface area contributed by atoms with Crippen LogP contribution in [0.1, 0.15) is 38.8 Å². The molecule has 0 radical (unpaired) electrons. The number of hydrogen-bond donors (Lipinski definition) is 1. The lowest BCUT2D eigenvalue weighted by Crippen LogP contribution is -2.20. The van der Waals surface area contributed by atoms with E-state index in [0.717, 1.165) is 11.1 Å². The van der Waals surface area contributed by atoms with Gasteiger partial charge in [-0.05, 0) is 47.4 Å². The van der Waals surface area contributed by atoms with Crippen molar-refractivity contribution in [1.82, 2.24) is 0 Å².